The molecular formula is C10H21F3N2O. The van der Waals surface area contributed by atoms with Crippen molar-refractivity contribution < 1.29 is 17.9 Å². The van der Waals surface area contributed by atoms with Crippen LogP contribution in [0.2, 0.25) is 0 Å². The molecular weight excluding hydrogens is 221 g/mol. The number of halogens is 3. The van der Waals surface area contributed by atoms with E-state index in [9.17, 15) is 13.2 Å². The Balaban J connectivity index is 3.27. The molecule has 0 aliphatic rings. The van der Waals surface area contributed by atoms with E-state index in [0.29, 0.717) is 26.3 Å². The maximum atomic E-state index is 11.9. The molecule has 0 heterocycles. The van der Waals surface area contributed by atoms with Crippen LogP contribution in [0.15, 0.2) is 0 Å². The van der Waals surface area contributed by atoms with E-state index in [-0.39, 0.29) is 6.54 Å². The number of ether oxygens (including phenoxy) is 1. The number of nitrogens with one attached hydrogen (secondary N) is 1. The molecule has 0 atom stereocenters. The van der Waals surface area contributed by atoms with Gasteiger partial charge < -0.3 is 15.0 Å². The summed E-state index contributed by atoms with van der Waals surface area (Å²) in [6.45, 7) is 5.34. The van der Waals surface area contributed by atoms with Crippen LogP contribution in [-0.4, -0.2) is 57.5 Å². The second kappa shape index (κ2) is 8.78. The maximum absolute atomic E-state index is 11.9. The van der Waals surface area contributed by atoms with Gasteiger partial charge in [-0.15, -0.1) is 0 Å². The first-order chi connectivity index (χ1) is 7.45. The van der Waals surface area contributed by atoms with E-state index in [1.807, 2.05) is 6.92 Å². The first-order valence-electron chi connectivity index (χ1n) is 5.49. The molecule has 0 saturated carbocycles. The smallest absolute Gasteiger partial charge is 0.380 e. The lowest BCUT2D eigenvalue weighted by Gasteiger charge is -2.17. The van der Waals surface area contributed by atoms with E-state index in [1.165, 1.54) is 0 Å². The standard InChI is InChI=1S/C10H21F3N2O/c1-3-16-9-6-14-5-8-15(2)7-4-10(11,12)13/h14H,3-9H2,1-2H3. The van der Waals surface area contributed by atoms with Gasteiger partial charge in [0.15, 0.2) is 0 Å². The monoisotopic (exact) mass is 242 g/mol. The Morgan fingerprint density at radius 3 is 2.44 bits per heavy atom. The van der Waals surface area contributed by atoms with E-state index in [0.717, 1.165) is 6.54 Å². The van der Waals surface area contributed by atoms with Crippen molar-refractivity contribution in [3.05, 3.63) is 0 Å². The normalized spacial score (nSPS) is 12.4. The molecule has 6 heteroatoms. The minimum atomic E-state index is -4.06. The molecule has 1 N–H and O–H groups in total. The van der Waals surface area contributed by atoms with E-state index in [1.54, 1.807) is 11.9 Å². The zero-order valence-corrected chi connectivity index (χ0v) is 9.94. The molecule has 0 rings (SSSR count). The Morgan fingerprint density at radius 1 is 1.19 bits per heavy atom. The third-order valence-corrected chi connectivity index (χ3v) is 2.07. The van der Waals surface area contributed by atoms with E-state index >= 15 is 0 Å². The maximum Gasteiger partial charge on any atom is 0.390 e. The van der Waals surface area contributed by atoms with Gasteiger partial charge in [0.2, 0.25) is 0 Å². The van der Waals surface area contributed by atoms with Crippen LogP contribution in [-0.2, 0) is 4.74 Å². The molecule has 0 aromatic carbocycles. The molecule has 0 aromatic rings. The van der Waals surface area contributed by atoms with Crippen molar-refractivity contribution in [3.8, 4) is 0 Å². The van der Waals surface area contributed by atoms with Crippen LogP contribution in [0.5, 0.6) is 0 Å². The Bertz CT molecular complexity index is 165. The van der Waals surface area contributed by atoms with Gasteiger partial charge >= 0.3 is 6.18 Å². The van der Waals surface area contributed by atoms with Crippen LogP contribution < -0.4 is 5.32 Å². The molecule has 3 nitrogen and oxygen atoms in total. The van der Waals surface area contributed by atoms with Crippen LogP contribution in [0.4, 0.5) is 13.2 Å². The Morgan fingerprint density at radius 2 is 1.88 bits per heavy atom. The second-order valence-electron chi connectivity index (χ2n) is 3.62. The zero-order chi connectivity index (χ0) is 12.4. The zero-order valence-electron chi connectivity index (χ0n) is 9.94. The summed E-state index contributed by atoms with van der Waals surface area (Å²) < 4.78 is 40.8. The SMILES string of the molecule is CCOCCNCCN(C)CCC(F)(F)F. The molecule has 0 spiro atoms. The first kappa shape index (κ1) is 15.7. The fourth-order valence-electron chi connectivity index (χ4n) is 1.11. The van der Waals surface area contributed by atoms with Crippen molar-refractivity contribution in [1.29, 1.82) is 0 Å². The summed E-state index contributed by atoms with van der Waals surface area (Å²) in [6, 6.07) is 0. The average Bonchev–Trinajstić information content (AvgIpc) is 2.19. The van der Waals surface area contributed by atoms with Crippen LogP contribution in [0.3, 0.4) is 0 Å². The van der Waals surface area contributed by atoms with Crippen molar-refractivity contribution >= 4 is 0 Å². The van der Waals surface area contributed by atoms with Gasteiger partial charge in [0.1, 0.15) is 0 Å². The van der Waals surface area contributed by atoms with Crippen molar-refractivity contribution in [3.63, 3.8) is 0 Å². The Hall–Kier alpha value is -0.330. The van der Waals surface area contributed by atoms with Crippen LogP contribution >= 0.6 is 0 Å². The molecule has 0 radical (unpaired) electrons. The predicted molar refractivity (Wildman–Crippen MR) is 57.5 cm³/mol. The highest BCUT2D eigenvalue weighted by Crippen LogP contribution is 2.19. The Labute approximate surface area is 94.9 Å². The van der Waals surface area contributed by atoms with Gasteiger partial charge in [0, 0.05) is 32.8 Å². The van der Waals surface area contributed by atoms with Crippen molar-refractivity contribution in [2.24, 2.45) is 0 Å². The quantitative estimate of drug-likeness (QED) is 0.620. The molecule has 0 saturated heterocycles. The average molecular weight is 242 g/mol. The molecule has 0 amide bonds. The van der Waals surface area contributed by atoms with Crippen LogP contribution in [0.1, 0.15) is 13.3 Å². The molecule has 0 aliphatic carbocycles. The largest absolute Gasteiger partial charge is 0.390 e. The minimum Gasteiger partial charge on any atom is -0.380 e. The van der Waals surface area contributed by atoms with Gasteiger partial charge in [-0.3, -0.25) is 0 Å². The van der Waals surface area contributed by atoms with Gasteiger partial charge in [-0.2, -0.15) is 13.2 Å². The van der Waals surface area contributed by atoms with Gasteiger partial charge in [-0.1, -0.05) is 0 Å². The lowest BCUT2D eigenvalue weighted by atomic mass is 10.4. The molecule has 98 valence electrons. The molecule has 0 bridgehead atoms. The summed E-state index contributed by atoms with van der Waals surface area (Å²) in [7, 11) is 1.69. The molecule has 0 aliphatic heterocycles. The van der Waals surface area contributed by atoms with Crippen molar-refractivity contribution in [2.45, 2.75) is 19.5 Å². The highest BCUT2D eigenvalue weighted by atomic mass is 19.4. The third kappa shape index (κ3) is 11.7. The van der Waals surface area contributed by atoms with Gasteiger partial charge in [0.05, 0.1) is 13.0 Å². The Kier molecular flexibility index (Phi) is 8.60. The second-order valence-corrected chi connectivity index (χ2v) is 3.62. The van der Waals surface area contributed by atoms with Gasteiger partial charge in [-0.25, -0.2) is 0 Å². The summed E-state index contributed by atoms with van der Waals surface area (Å²) in [5.41, 5.74) is 0. The lowest BCUT2D eigenvalue weighted by molar-refractivity contribution is -0.137. The van der Waals surface area contributed by atoms with Gasteiger partial charge in [-0.05, 0) is 14.0 Å². The topological polar surface area (TPSA) is 24.5 Å². The number of hydrogen-bond acceptors (Lipinski definition) is 3. The van der Waals surface area contributed by atoms with Crippen LogP contribution in [0, 0.1) is 0 Å². The summed E-state index contributed by atoms with van der Waals surface area (Å²) in [6.07, 6.45) is -4.81. The summed E-state index contributed by atoms with van der Waals surface area (Å²) in [4.78, 5) is 1.67. The summed E-state index contributed by atoms with van der Waals surface area (Å²) in [5, 5.41) is 3.10. The van der Waals surface area contributed by atoms with Crippen molar-refractivity contribution in [1.82, 2.24) is 10.2 Å². The van der Waals surface area contributed by atoms with Crippen molar-refractivity contribution in [2.75, 3.05) is 46.4 Å². The number of alkyl halides is 3. The summed E-state index contributed by atoms with van der Waals surface area (Å²) >= 11 is 0. The molecule has 0 aromatic heterocycles. The number of rotatable bonds is 9. The van der Waals surface area contributed by atoms with Gasteiger partial charge in [0.25, 0.3) is 0 Å². The lowest BCUT2D eigenvalue weighted by Crippen LogP contribution is -2.33. The number of likely N-dealkylation sites (N-methyl/N-ethyl adjacent to an activating group) is 1. The highest BCUT2D eigenvalue weighted by molar-refractivity contribution is 4.58. The van der Waals surface area contributed by atoms with E-state index < -0.39 is 12.6 Å². The fraction of sp³-hybridized carbons (Fsp3) is 1.00. The number of hydrogen-bond donors (Lipinski definition) is 1. The molecule has 0 fully saturated rings. The molecule has 0 unspecified atom stereocenters. The predicted octanol–water partition coefficient (Wildman–Crippen LogP) is 1.50. The highest BCUT2D eigenvalue weighted by Gasteiger charge is 2.26. The fourth-order valence-corrected chi connectivity index (χ4v) is 1.11. The van der Waals surface area contributed by atoms with Crippen LogP contribution in [0.25, 0.3) is 0 Å². The molecule has 16 heavy (non-hydrogen) atoms. The minimum absolute atomic E-state index is 0.0522. The third-order valence-electron chi connectivity index (χ3n) is 2.07. The number of nitrogens with zero attached hydrogens (tertiary/aromatic N) is 1. The van der Waals surface area contributed by atoms with E-state index in [2.05, 4.69) is 5.32 Å². The summed E-state index contributed by atoms with van der Waals surface area (Å²) in [5.74, 6) is 0. The first-order valence-corrected chi connectivity index (χ1v) is 5.49. The van der Waals surface area contributed by atoms with E-state index in [4.69, 9.17) is 4.74 Å².